The van der Waals surface area contributed by atoms with E-state index in [1.54, 1.807) is 6.20 Å². The number of fused-ring (bicyclic) bond motifs is 1. The molecule has 1 unspecified atom stereocenters. The molecule has 2 aromatic carbocycles. The van der Waals surface area contributed by atoms with Gasteiger partial charge in [-0.3, -0.25) is 0 Å². The lowest BCUT2D eigenvalue weighted by molar-refractivity contribution is 0.877. The van der Waals surface area contributed by atoms with Crippen LogP contribution in [0.15, 0.2) is 54.7 Å². The summed E-state index contributed by atoms with van der Waals surface area (Å²) in [5, 5.41) is 5.60. The fourth-order valence-corrected chi connectivity index (χ4v) is 2.61. The second-order valence-electron chi connectivity index (χ2n) is 5.39. The lowest BCUT2D eigenvalue weighted by Crippen LogP contribution is -2.08. The van der Waals surface area contributed by atoms with Gasteiger partial charge in [-0.15, -0.1) is 0 Å². The van der Waals surface area contributed by atoms with E-state index in [9.17, 15) is 0 Å². The Labute approximate surface area is 124 Å². The average Bonchev–Trinajstić information content (AvgIpc) is 2.49. The normalized spacial score (nSPS) is 12.3. The number of nitrogens with two attached hydrogens (primary N) is 1. The Morgan fingerprint density at radius 1 is 1.05 bits per heavy atom. The molecule has 3 aromatic rings. The van der Waals surface area contributed by atoms with Crippen LogP contribution in [0.2, 0.25) is 0 Å². The van der Waals surface area contributed by atoms with Gasteiger partial charge in [-0.1, -0.05) is 30.3 Å². The summed E-state index contributed by atoms with van der Waals surface area (Å²) in [6.45, 7) is 4.18. The van der Waals surface area contributed by atoms with E-state index >= 15 is 0 Å². The van der Waals surface area contributed by atoms with E-state index in [4.69, 9.17) is 5.73 Å². The van der Waals surface area contributed by atoms with Gasteiger partial charge in [0.05, 0.1) is 0 Å². The van der Waals surface area contributed by atoms with Crippen molar-refractivity contribution in [2.24, 2.45) is 0 Å². The van der Waals surface area contributed by atoms with Crippen molar-refractivity contribution in [2.75, 3.05) is 11.1 Å². The molecule has 1 heterocycles. The lowest BCUT2D eigenvalue weighted by Gasteiger charge is -2.17. The van der Waals surface area contributed by atoms with Gasteiger partial charge in [-0.05, 0) is 43.2 Å². The molecule has 0 aliphatic carbocycles. The Kier molecular flexibility index (Phi) is 3.48. The Hall–Kier alpha value is -2.55. The van der Waals surface area contributed by atoms with Crippen LogP contribution in [0.5, 0.6) is 0 Å². The number of aryl methyl sites for hydroxylation is 1. The molecule has 3 rings (SSSR count). The zero-order valence-electron chi connectivity index (χ0n) is 12.3. The molecule has 21 heavy (non-hydrogen) atoms. The van der Waals surface area contributed by atoms with Crippen LogP contribution in [0.25, 0.3) is 10.8 Å². The number of pyridine rings is 1. The van der Waals surface area contributed by atoms with Crippen LogP contribution in [0, 0.1) is 6.92 Å². The van der Waals surface area contributed by atoms with E-state index in [0.717, 1.165) is 27.8 Å². The minimum atomic E-state index is 0.186. The van der Waals surface area contributed by atoms with Gasteiger partial charge in [-0.25, -0.2) is 4.98 Å². The van der Waals surface area contributed by atoms with Gasteiger partial charge in [0.15, 0.2) is 0 Å². The molecular formula is C18H19N3. The summed E-state index contributed by atoms with van der Waals surface area (Å²) in [5.41, 5.74) is 9.28. The number of benzene rings is 2. The fraction of sp³-hybridized carbons (Fsp3) is 0.167. The van der Waals surface area contributed by atoms with Gasteiger partial charge in [-0.2, -0.15) is 0 Å². The molecule has 0 saturated carbocycles. The standard InChI is InChI=1S/C18H19N3/c1-12-10-16-15(17(19)11-12)8-9-20-18(16)21-13(2)14-6-4-3-5-7-14/h3-11,13H,19H2,1-2H3,(H,20,21). The Morgan fingerprint density at radius 3 is 2.57 bits per heavy atom. The first-order chi connectivity index (χ1) is 10.1. The van der Waals surface area contributed by atoms with Gasteiger partial charge in [0.25, 0.3) is 0 Å². The lowest BCUT2D eigenvalue weighted by atomic mass is 10.1. The predicted octanol–water partition coefficient (Wildman–Crippen LogP) is 4.30. The second-order valence-corrected chi connectivity index (χ2v) is 5.39. The van der Waals surface area contributed by atoms with Crippen LogP contribution in [0.1, 0.15) is 24.1 Å². The Morgan fingerprint density at radius 2 is 1.81 bits per heavy atom. The van der Waals surface area contributed by atoms with E-state index in [0.29, 0.717) is 0 Å². The van der Waals surface area contributed by atoms with Crippen molar-refractivity contribution in [1.29, 1.82) is 0 Å². The Bertz CT molecular complexity index is 766. The molecule has 0 aliphatic rings. The largest absolute Gasteiger partial charge is 0.398 e. The van der Waals surface area contributed by atoms with Gasteiger partial charge in [0, 0.05) is 28.7 Å². The third-order valence-corrected chi connectivity index (χ3v) is 3.71. The highest BCUT2D eigenvalue weighted by Gasteiger charge is 2.10. The molecular weight excluding hydrogens is 258 g/mol. The predicted molar refractivity (Wildman–Crippen MR) is 89.4 cm³/mol. The first kappa shape index (κ1) is 13.4. The average molecular weight is 277 g/mol. The smallest absolute Gasteiger partial charge is 0.134 e. The van der Waals surface area contributed by atoms with Crippen LogP contribution >= 0.6 is 0 Å². The van der Waals surface area contributed by atoms with Crippen LogP contribution in [0.3, 0.4) is 0 Å². The van der Waals surface area contributed by atoms with Crippen LogP contribution < -0.4 is 11.1 Å². The van der Waals surface area contributed by atoms with E-state index in [2.05, 4.69) is 35.4 Å². The molecule has 106 valence electrons. The molecule has 0 amide bonds. The molecule has 0 radical (unpaired) electrons. The Balaban J connectivity index is 2.01. The summed E-state index contributed by atoms with van der Waals surface area (Å²) in [6.07, 6.45) is 1.80. The first-order valence-corrected chi connectivity index (χ1v) is 7.11. The summed E-state index contributed by atoms with van der Waals surface area (Å²) in [6, 6.07) is 16.6. The van der Waals surface area contributed by atoms with Gasteiger partial charge in [0.2, 0.25) is 0 Å². The van der Waals surface area contributed by atoms with Gasteiger partial charge >= 0.3 is 0 Å². The third kappa shape index (κ3) is 2.68. The number of hydrogen-bond acceptors (Lipinski definition) is 3. The molecule has 0 aliphatic heterocycles. The number of aromatic nitrogens is 1. The zero-order chi connectivity index (χ0) is 14.8. The molecule has 0 fully saturated rings. The highest BCUT2D eigenvalue weighted by atomic mass is 15.0. The summed E-state index contributed by atoms with van der Waals surface area (Å²) in [4.78, 5) is 4.49. The van der Waals surface area contributed by atoms with Crippen LogP contribution in [0.4, 0.5) is 11.5 Å². The van der Waals surface area contributed by atoms with Gasteiger partial charge < -0.3 is 11.1 Å². The number of rotatable bonds is 3. The third-order valence-electron chi connectivity index (χ3n) is 3.71. The second kappa shape index (κ2) is 5.44. The van der Waals surface area contributed by atoms with Crippen molar-refractivity contribution in [2.45, 2.75) is 19.9 Å². The zero-order valence-corrected chi connectivity index (χ0v) is 12.3. The van der Waals surface area contributed by atoms with Crippen molar-refractivity contribution in [1.82, 2.24) is 4.98 Å². The number of anilines is 2. The molecule has 1 atom stereocenters. The van der Waals surface area contributed by atoms with Crippen molar-refractivity contribution < 1.29 is 0 Å². The highest BCUT2D eigenvalue weighted by molar-refractivity contribution is 5.99. The monoisotopic (exact) mass is 277 g/mol. The summed E-state index contributed by atoms with van der Waals surface area (Å²) >= 11 is 0. The van der Waals surface area contributed by atoms with Crippen LogP contribution in [-0.4, -0.2) is 4.98 Å². The number of nitrogens with one attached hydrogen (secondary N) is 1. The maximum absolute atomic E-state index is 6.11. The SMILES string of the molecule is Cc1cc(N)c2ccnc(NC(C)c3ccccc3)c2c1. The molecule has 0 spiro atoms. The van der Waals surface area contributed by atoms with E-state index < -0.39 is 0 Å². The molecule has 3 N–H and O–H groups in total. The van der Waals surface area contributed by atoms with Crippen molar-refractivity contribution in [3.05, 3.63) is 65.9 Å². The van der Waals surface area contributed by atoms with Gasteiger partial charge in [0.1, 0.15) is 5.82 Å². The van der Waals surface area contributed by atoms with Crippen molar-refractivity contribution in [3.63, 3.8) is 0 Å². The molecule has 3 nitrogen and oxygen atoms in total. The van der Waals surface area contributed by atoms with Crippen molar-refractivity contribution >= 4 is 22.3 Å². The van der Waals surface area contributed by atoms with E-state index in [1.807, 2.05) is 37.3 Å². The number of nitrogens with zero attached hydrogens (tertiary/aromatic N) is 1. The maximum atomic E-state index is 6.11. The van der Waals surface area contributed by atoms with E-state index in [1.165, 1.54) is 5.56 Å². The minimum Gasteiger partial charge on any atom is -0.398 e. The highest BCUT2D eigenvalue weighted by Crippen LogP contribution is 2.29. The molecule has 0 saturated heterocycles. The quantitative estimate of drug-likeness (QED) is 0.702. The number of hydrogen-bond donors (Lipinski definition) is 2. The summed E-state index contributed by atoms with van der Waals surface area (Å²) < 4.78 is 0. The number of nitrogen functional groups attached to an aromatic ring is 1. The molecule has 1 aromatic heterocycles. The topological polar surface area (TPSA) is 50.9 Å². The summed E-state index contributed by atoms with van der Waals surface area (Å²) in [5.74, 6) is 0.874. The van der Waals surface area contributed by atoms with Crippen molar-refractivity contribution in [3.8, 4) is 0 Å². The fourth-order valence-electron chi connectivity index (χ4n) is 2.61. The first-order valence-electron chi connectivity index (χ1n) is 7.11. The maximum Gasteiger partial charge on any atom is 0.134 e. The minimum absolute atomic E-state index is 0.186. The summed E-state index contributed by atoms with van der Waals surface area (Å²) in [7, 11) is 0. The molecule has 3 heteroatoms. The van der Waals surface area contributed by atoms with E-state index in [-0.39, 0.29) is 6.04 Å². The molecule has 0 bridgehead atoms. The van der Waals surface area contributed by atoms with Crippen LogP contribution in [-0.2, 0) is 0 Å².